The van der Waals surface area contributed by atoms with Crippen molar-refractivity contribution in [3.05, 3.63) is 35.2 Å². The minimum atomic E-state index is 0.101. The van der Waals surface area contributed by atoms with Crippen molar-refractivity contribution >= 4 is 23.5 Å². The predicted molar refractivity (Wildman–Crippen MR) is 131 cm³/mol. The van der Waals surface area contributed by atoms with E-state index in [0.717, 1.165) is 73.5 Å². The summed E-state index contributed by atoms with van der Waals surface area (Å²) in [5.41, 5.74) is 8.33. The smallest absolute Gasteiger partial charge is 0.223 e. The van der Waals surface area contributed by atoms with Gasteiger partial charge in [-0.3, -0.25) is 4.79 Å². The van der Waals surface area contributed by atoms with Crippen molar-refractivity contribution < 1.29 is 4.79 Å². The van der Waals surface area contributed by atoms with Gasteiger partial charge in [0.05, 0.1) is 11.3 Å². The van der Waals surface area contributed by atoms with E-state index in [1.54, 1.807) is 6.20 Å². The zero-order chi connectivity index (χ0) is 23.2. The first-order valence-corrected chi connectivity index (χ1v) is 11.9. The fourth-order valence-corrected chi connectivity index (χ4v) is 4.68. The summed E-state index contributed by atoms with van der Waals surface area (Å²) in [5.74, 6) is 8.57. The van der Waals surface area contributed by atoms with Crippen LogP contribution in [0, 0.1) is 24.7 Å². The Morgan fingerprint density at radius 3 is 2.67 bits per heavy atom. The molecule has 1 saturated heterocycles. The van der Waals surface area contributed by atoms with Crippen LogP contribution in [0.3, 0.4) is 0 Å². The van der Waals surface area contributed by atoms with Gasteiger partial charge >= 0.3 is 0 Å². The van der Waals surface area contributed by atoms with Gasteiger partial charge in [0.2, 0.25) is 11.9 Å². The quantitative estimate of drug-likeness (QED) is 0.618. The highest BCUT2D eigenvalue weighted by molar-refractivity contribution is 5.79. The number of hydrogen-bond donors (Lipinski definition) is 3. The minimum Gasteiger partial charge on any atom is -0.373 e. The third kappa shape index (κ3) is 5.72. The lowest BCUT2D eigenvalue weighted by Gasteiger charge is -2.35. The Labute approximate surface area is 195 Å². The van der Waals surface area contributed by atoms with Gasteiger partial charge in [-0.05, 0) is 44.7 Å². The van der Waals surface area contributed by atoms with Crippen molar-refractivity contribution in [3.63, 3.8) is 0 Å². The zero-order valence-corrected chi connectivity index (χ0v) is 19.5. The number of pyridine rings is 1. The van der Waals surface area contributed by atoms with Crippen molar-refractivity contribution in [1.82, 2.24) is 20.3 Å². The van der Waals surface area contributed by atoms with Crippen LogP contribution in [0.2, 0.25) is 0 Å². The van der Waals surface area contributed by atoms with E-state index in [-0.39, 0.29) is 23.8 Å². The minimum absolute atomic E-state index is 0.101. The summed E-state index contributed by atoms with van der Waals surface area (Å²) < 4.78 is 0. The van der Waals surface area contributed by atoms with E-state index in [1.165, 1.54) is 6.42 Å². The molecule has 8 nitrogen and oxygen atoms in total. The van der Waals surface area contributed by atoms with Crippen LogP contribution in [0.5, 0.6) is 0 Å². The molecule has 3 heterocycles. The highest BCUT2D eigenvalue weighted by Gasteiger charge is 2.28. The van der Waals surface area contributed by atoms with Gasteiger partial charge in [-0.1, -0.05) is 31.1 Å². The first kappa shape index (κ1) is 22.8. The molecular weight excluding hydrogens is 414 g/mol. The number of hydrogen-bond acceptors (Lipinski definition) is 7. The summed E-state index contributed by atoms with van der Waals surface area (Å²) in [6.07, 6.45) is 9.26. The molecule has 1 aliphatic heterocycles. The van der Waals surface area contributed by atoms with Crippen LogP contribution in [-0.2, 0) is 4.79 Å². The van der Waals surface area contributed by atoms with Crippen LogP contribution in [0.1, 0.15) is 61.8 Å². The maximum atomic E-state index is 12.8. The molecule has 2 fully saturated rings. The number of nitrogens with one attached hydrogen (secondary N) is 2. The Hall–Kier alpha value is -3.34. The normalized spacial score (nSPS) is 18.8. The van der Waals surface area contributed by atoms with Crippen molar-refractivity contribution in [1.29, 1.82) is 0 Å². The number of aromatic nitrogens is 3. The molecule has 33 heavy (non-hydrogen) atoms. The first-order valence-electron chi connectivity index (χ1n) is 11.9. The number of carbonyl (C=O) groups is 1. The maximum absolute atomic E-state index is 12.8. The van der Waals surface area contributed by atoms with Gasteiger partial charge in [-0.2, -0.15) is 4.98 Å². The van der Waals surface area contributed by atoms with E-state index in [0.29, 0.717) is 6.54 Å². The molecule has 4 rings (SSSR count). The molecule has 4 N–H and O–H groups in total. The van der Waals surface area contributed by atoms with E-state index < -0.39 is 0 Å². The second kappa shape index (κ2) is 10.5. The van der Waals surface area contributed by atoms with Gasteiger partial charge in [-0.25, -0.2) is 9.97 Å². The first-order chi connectivity index (χ1) is 16.0. The number of nitrogens with zero attached hydrogens (tertiary/aromatic N) is 4. The third-order valence-corrected chi connectivity index (χ3v) is 6.48. The molecule has 0 spiro atoms. The Morgan fingerprint density at radius 1 is 1.12 bits per heavy atom. The fraction of sp³-hybridized carbons (Fsp3) is 0.520. The Balaban J connectivity index is 1.52. The van der Waals surface area contributed by atoms with Gasteiger partial charge < -0.3 is 21.3 Å². The van der Waals surface area contributed by atoms with Gasteiger partial charge in [0, 0.05) is 43.9 Å². The van der Waals surface area contributed by atoms with E-state index in [9.17, 15) is 4.79 Å². The molecule has 174 valence electrons. The Bertz CT molecular complexity index is 1040. The van der Waals surface area contributed by atoms with Crippen LogP contribution in [0.15, 0.2) is 18.3 Å². The maximum Gasteiger partial charge on any atom is 0.223 e. The van der Waals surface area contributed by atoms with Crippen molar-refractivity contribution in [2.24, 2.45) is 5.92 Å². The lowest BCUT2D eigenvalue weighted by molar-refractivity contribution is -0.126. The second-order valence-corrected chi connectivity index (χ2v) is 8.93. The molecule has 0 radical (unpaired) electrons. The van der Waals surface area contributed by atoms with Crippen molar-refractivity contribution in [3.8, 4) is 11.8 Å². The van der Waals surface area contributed by atoms with Crippen LogP contribution < -0.4 is 21.3 Å². The number of piperidine rings is 1. The lowest BCUT2D eigenvalue weighted by atomic mass is 9.88. The molecule has 1 saturated carbocycles. The highest BCUT2D eigenvalue weighted by atomic mass is 16.1. The molecule has 1 amide bonds. The number of aryl methyl sites for hydroxylation is 1. The van der Waals surface area contributed by atoms with Crippen LogP contribution >= 0.6 is 0 Å². The lowest BCUT2D eigenvalue weighted by Crippen LogP contribution is -2.50. The molecule has 2 aliphatic rings. The molecule has 2 aromatic heterocycles. The van der Waals surface area contributed by atoms with E-state index in [1.807, 2.05) is 26.1 Å². The van der Waals surface area contributed by atoms with Gasteiger partial charge in [-0.15, -0.1) is 0 Å². The van der Waals surface area contributed by atoms with Crippen molar-refractivity contribution in [2.45, 2.75) is 57.9 Å². The SMILES string of the molecule is CNc1ccc(C#Cc2c(C)nc(N)nc2N2CCCC(NC(=O)C3CCCCC3)C2)cn1. The van der Waals surface area contributed by atoms with Crippen LogP contribution in [-0.4, -0.2) is 47.0 Å². The molecule has 1 unspecified atom stereocenters. The number of rotatable bonds is 4. The van der Waals surface area contributed by atoms with E-state index in [4.69, 9.17) is 5.73 Å². The second-order valence-electron chi connectivity index (χ2n) is 8.93. The highest BCUT2D eigenvalue weighted by Crippen LogP contribution is 2.26. The number of nitrogen functional groups attached to an aromatic ring is 1. The van der Waals surface area contributed by atoms with Crippen LogP contribution in [0.4, 0.5) is 17.6 Å². The largest absolute Gasteiger partial charge is 0.373 e. The average molecular weight is 448 g/mol. The van der Waals surface area contributed by atoms with Gasteiger partial charge in [0.15, 0.2) is 0 Å². The number of amides is 1. The van der Waals surface area contributed by atoms with Crippen LogP contribution in [0.25, 0.3) is 0 Å². The van der Waals surface area contributed by atoms with Gasteiger partial charge in [0.1, 0.15) is 11.6 Å². The molecule has 1 aliphatic carbocycles. The summed E-state index contributed by atoms with van der Waals surface area (Å²) in [4.78, 5) is 28.2. The molecule has 1 atom stereocenters. The number of nitrogens with two attached hydrogens (primary N) is 1. The molecule has 8 heteroatoms. The fourth-order valence-electron chi connectivity index (χ4n) is 4.68. The van der Waals surface area contributed by atoms with E-state index >= 15 is 0 Å². The van der Waals surface area contributed by atoms with E-state index in [2.05, 4.69) is 42.3 Å². The Morgan fingerprint density at radius 2 is 1.94 bits per heavy atom. The summed E-state index contributed by atoms with van der Waals surface area (Å²) >= 11 is 0. The standard InChI is InChI=1S/C25H33N7O/c1-17-21(12-10-18-11-13-22(27-2)28-15-18)23(31-25(26)29-17)32-14-6-9-20(16-32)30-24(33)19-7-4-3-5-8-19/h11,13,15,19-20H,3-9,14,16H2,1-2H3,(H,27,28)(H,30,33)(H2,26,29,31). The number of carbonyl (C=O) groups excluding carboxylic acids is 1. The monoisotopic (exact) mass is 447 g/mol. The summed E-state index contributed by atoms with van der Waals surface area (Å²) in [5, 5.41) is 6.30. The molecule has 0 bridgehead atoms. The summed E-state index contributed by atoms with van der Waals surface area (Å²) in [7, 11) is 1.83. The zero-order valence-electron chi connectivity index (χ0n) is 19.5. The number of anilines is 3. The summed E-state index contributed by atoms with van der Waals surface area (Å²) in [6.45, 7) is 3.44. The van der Waals surface area contributed by atoms with Gasteiger partial charge in [0.25, 0.3) is 0 Å². The molecule has 0 aromatic carbocycles. The molecule has 2 aromatic rings. The predicted octanol–water partition coefficient (Wildman–Crippen LogP) is 2.87. The Kier molecular flexibility index (Phi) is 7.28. The van der Waals surface area contributed by atoms with Crippen molar-refractivity contribution in [2.75, 3.05) is 36.1 Å². The third-order valence-electron chi connectivity index (χ3n) is 6.48. The topological polar surface area (TPSA) is 109 Å². The summed E-state index contributed by atoms with van der Waals surface area (Å²) in [6, 6.07) is 3.92. The molecular formula is C25H33N7O. The average Bonchev–Trinajstić information content (AvgIpc) is 2.84.